The second-order valence-electron chi connectivity index (χ2n) is 7.40. The van der Waals surface area contributed by atoms with E-state index in [0.29, 0.717) is 17.4 Å². The van der Waals surface area contributed by atoms with Gasteiger partial charge in [0.05, 0.1) is 17.7 Å². The van der Waals surface area contributed by atoms with Crippen LogP contribution in [0.2, 0.25) is 0 Å². The van der Waals surface area contributed by atoms with Gasteiger partial charge in [-0.25, -0.2) is 4.99 Å². The highest BCUT2D eigenvalue weighted by atomic mass is 32.2. The predicted molar refractivity (Wildman–Crippen MR) is 117 cm³/mol. The molecule has 0 N–H and O–H groups in total. The summed E-state index contributed by atoms with van der Waals surface area (Å²) >= 11 is 1.44. The Morgan fingerprint density at radius 1 is 1.21 bits per heavy atom. The standard InChI is InChI=1S/C22H27N3O2S/c1-14(2)13-25-21(26)20(12-17-11-15(3)24(5)16(17)4)28-22(25)23-18-7-9-19(27-6)10-8-18/h7-12,14H,13H2,1-6H3/b20-12+,23-22?. The number of thioether (sulfide) groups is 1. The first-order chi connectivity index (χ1) is 13.3. The van der Waals surface area contributed by atoms with Gasteiger partial charge in [0, 0.05) is 25.0 Å². The number of hydrogen-bond donors (Lipinski definition) is 0. The Morgan fingerprint density at radius 3 is 2.43 bits per heavy atom. The van der Waals surface area contributed by atoms with Crippen molar-refractivity contribution in [3.8, 4) is 5.75 Å². The number of carbonyl (C=O) groups is 1. The topological polar surface area (TPSA) is 46.8 Å². The molecule has 1 fully saturated rings. The van der Waals surface area contributed by atoms with E-state index in [1.165, 1.54) is 17.5 Å². The Balaban J connectivity index is 1.96. The molecule has 0 bridgehead atoms. The average Bonchev–Trinajstić information content (AvgIpc) is 3.07. The van der Waals surface area contributed by atoms with Gasteiger partial charge in [0.15, 0.2) is 5.17 Å². The Hall–Kier alpha value is -2.47. The molecular formula is C22H27N3O2S. The summed E-state index contributed by atoms with van der Waals surface area (Å²) in [6.07, 6.45) is 1.99. The van der Waals surface area contributed by atoms with E-state index in [1.54, 1.807) is 12.0 Å². The molecule has 2 heterocycles. The molecule has 0 radical (unpaired) electrons. The number of ether oxygens (including phenoxy) is 1. The highest BCUT2D eigenvalue weighted by Gasteiger charge is 2.34. The molecule has 28 heavy (non-hydrogen) atoms. The van der Waals surface area contributed by atoms with Crippen LogP contribution in [-0.4, -0.2) is 34.2 Å². The number of methoxy groups -OCH3 is 1. The highest BCUT2D eigenvalue weighted by molar-refractivity contribution is 8.18. The van der Waals surface area contributed by atoms with Gasteiger partial charge in [0.2, 0.25) is 0 Å². The van der Waals surface area contributed by atoms with Gasteiger partial charge < -0.3 is 9.30 Å². The Morgan fingerprint density at radius 2 is 1.89 bits per heavy atom. The van der Waals surface area contributed by atoms with Crippen LogP contribution in [0.5, 0.6) is 5.75 Å². The molecule has 1 amide bonds. The molecule has 0 atom stereocenters. The third-order valence-corrected chi connectivity index (χ3v) is 5.84. The van der Waals surface area contributed by atoms with Crippen molar-refractivity contribution in [3.05, 3.63) is 52.2 Å². The van der Waals surface area contributed by atoms with Crippen molar-refractivity contribution in [1.29, 1.82) is 0 Å². The zero-order chi connectivity index (χ0) is 20.4. The Bertz CT molecular complexity index is 939. The van der Waals surface area contributed by atoms with Crippen molar-refractivity contribution in [2.24, 2.45) is 18.0 Å². The van der Waals surface area contributed by atoms with Crippen LogP contribution >= 0.6 is 11.8 Å². The van der Waals surface area contributed by atoms with Gasteiger partial charge in [0.1, 0.15) is 5.75 Å². The zero-order valence-electron chi connectivity index (χ0n) is 17.3. The molecule has 0 aliphatic carbocycles. The first-order valence-electron chi connectivity index (χ1n) is 9.37. The van der Waals surface area contributed by atoms with E-state index in [9.17, 15) is 4.79 Å². The Labute approximate surface area is 171 Å². The second-order valence-corrected chi connectivity index (χ2v) is 8.41. The van der Waals surface area contributed by atoms with E-state index in [2.05, 4.69) is 38.3 Å². The fourth-order valence-electron chi connectivity index (χ4n) is 3.06. The molecule has 5 nitrogen and oxygen atoms in total. The number of amidine groups is 1. The lowest BCUT2D eigenvalue weighted by atomic mass is 10.2. The third-order valence-electron chi connectivity index (χ3n) is 4.83. The maximum absolute atomic E-state index is 13.1. The van der Waals surface area contributed by atoms with Gasteiger partial charge >= 0.3 is 0 Å². The quantitative estimate of drug-likeness (QED) is 0.674. The molecule has 1 saturated heterocycles. The summed E-state index contributed by atoms with van der Waals surface area (Å²) < 4.78 is 7.34. The van der Waals surface area contributed by atoms with E-state index in [0.717, 1.165) is 27.9 Å². The van der Waals surface area contributed by atoms with Crippen LogP contribution in [0.1, 0.15) is 30.8 Å². The number of rotatable bonds is 5. The maximum atomic E-state index is 13.1. The Kier molecular flexibility index (Phi) is 5.98. The van der Waals surface area contributed by atoms with Crippen molar-refractivity contribution >= 4 is 34.6 Å². The molecule has 1 aromatic carbocycles. The van der Waals surface area contributed by atoms with Gasteiger partial charge in [-0.05, 0) is 73.5 Å². The first kappa shape index (κ1) is 20.3. The molecule has 0 saturated carbocycles. The van der Waals surface area contributed by atoms with Gasteiger partial charge in [-0.15, -0.1) is 0 Å². The van der Waals surface area contributed by atoms with Crippen molar-refractivity contribution in [3.63, 3.8) is 0 Å². The summed E-state index contributed by atoms with van der Waals surface area (Å²) in [6, 6.07) is 9.66. The number of carbonyl (C=O) groups excluding carboxylic acids is 1. The number of nitrogens with zero attached hydrogens (tertiary/aromatic N) is 3. The van der Waals surface area contributed by atoms with E-state index in [4.69, 9.17) is 9.73 Å². The van der Waals surface area contributed by atoms with Crippen molar-refractivity contribution in [2.45, 2.75) is 27.7 Å². The number of aliphatic imine (C=N–C) groups is 1. The number of aromatic nitrogens is 1. The van der Waals surface area contributed by atoms with Crippen LogP contribution < -0.4 is 4.74 Å². The summed E-state index contributed by atoms with van der Waals surface area (Å²) in [4.78, 5) is 20.3. The number of hydrogen-bond acceptors (Lipinski definition) is 4. The van der Waals surface area contributed by atoms with Crippen LogP contribution in [0.25, 0.3) is 6.08 Å². The van der Waals surface area contributed by atoms with Gasteiger partial charge in [-0.1, -0.05) is 13.8 Å². The minimum Gasteiger partial charge on any atom is -0.497 e. The van der Waals surface area contributed by atoms with Gasteiger partial charge in [-0.2, -0.15) is 0 Å². The molecule has 0 spiro atoms. The monoisotopic (exact) mass is 397 g/mol. The zero-order valence-corrected chi connectivity index (χ0v) is 18.1. The molecule has 1 aromatic heterocycles. The summed E-state index contributed by atoms with van der Waals surface area (Å²) in [5, 5.41) is 0.723. The lowest BCUT2D eigenvalue weighted by molar-refractivity contribution is -0.122. The van der Waals surface area contributed by atoms with Crippen LogP contribution in [0.15, 0.2) is 40.2 Å². The molecule has 6 heteroatoms. The average molecular weight is 398 g/mol. The summed E-state index contributed by atoms with van der Waals surface area (Å²) in [6.45, 7) is 9.00. The normalized spacial score (nSPS) is 17.4. The SMILES string of the molecule is COc1ccc(N=C2S/C(=C/c3cc(C)n(C)c3C)C(=O)N2CC(C)C)cc1. The minimum atomic E-state index is 0.0202. The smallest absolute Gasteiger partial charge is 0.266 e. The third kappa shape index (κ3) is 4.17. The highest BCUT2D eigenvalue weighted by Crippen LogP contribution is 2.35. The van der Waals surface area contributed by atoms with E-state index < -0.39 is 0 Å². The van der Waals surface area contributed by atoms with Crippen LogP contribution in [-0.2, 0) is 11.8 Å². The molecular weight excluding hydrogens is 370 g/mol. The van der Waals surface area contributed by atoms with Crippen molar-refractivity contribution in [1.82, 2.24) is 9.47 Å². The van der Waals surface area contributed by atoms with E-state index in [1.807, 2.05) is 37.4 Å². The molecule has 148 valence electrons. The van der Waals surface area contributed by atoms with Gasteiger partial charge in [0.25, 0.3) is 5.91 Å². The first-order valence-corrected chi connectivity index (χ1v) is 10.2. The van der Waals surface area contributed by atoms with E-state index >= 15 is 0 Å². The second kappa shape index (κ2) is 8.27. The number of benzene rings is 1. The number of amides is 1. The molecule has 1 aliphatic rings. The lowest BCUT2D eigenvalue weighted by Gasteiger charge is -2.17. The lowest BCUT2D eigenvalue weighted by Crippen LogP contribution is -2.32. The summed E-state index contributed by atoms with van der Waals surface area (Å²) in [5.41, 5.74) is 4.20. The molecule has 3 rings (SSSR count). The summed E-state index contributed by atoms with van der Waals surface area (Å²) in [5.74, 6) is 1.16. The maximum Gasteiger partial charge on any atom is 0.266 e. The number of aryl methyl sites for hydroxylation is 1. The van der Waals surface area contributed by atoms with Crippen molar-refractivity contribution < 1.29 is 9.53 Å². The largest absolute Gasteiger partial charge is 0.497 e. The van der Waals surface area contributed by atoms with Crippen LogP contribution in [0.3, 0.4) is 0 Å². The predicted octanol–water partition coefficient (Wildman–Crippen LogP) is 4.91. The van der Waals surface area contributed by atoms with Crippen LogP contribution in [0, 0.1) is 19.8 Å². The van der Waals surface area contributed by atoms with Crippen molar-refractivity contribution in [2.75, 3.05) is 13.7 Å². The van der Waals surface area contributed by atoms with Crippen LogP contribution in [0.4, 0.5) is 5.69 Å². The summed E-state index contributed by atoms with van der Waals surface area (Å²) in [7, 11) is 3.68. The molecule has 1 aliphatic heterocycles. The fourth-order valence-corrected chi connectivity index (χ4v) is 4.06. The molecule has 2 aromatic rings. The fraction of sp³-hybridized carbons (Fsp3) is 0.364. The van der Waals surface area contributed by atoms with E-state index in [-0.39, 0.29) is 5.91 Å². The van der Waals surface area contributed by atoms with Gasteiger partial charge in [-0.3, -0.25) is 9.69 Å². The minimum absolute atomic E-state index is 0.0202. The molecule has 0 unspecified atom stereocenters.